The van der Waals surface area contributed by atoms with Gasteiger partial charge in [-0.15, -0.1) is 0 Å². The predicted octanol–water partition coefficient (Wildman–Crippen LogP) is 4.23. The van der Waals surface area contributed by atoms with Crippen molar-refractivity contribution in [3.05, 3.63) is 65.9 Å². The summed E-state index contributed by atoms with van der Waals surface area (Å²) in [6.07, 6.45) is 3.13. The number of amides is 1. The Morgan fingerprint density at radius 1 is 1.25 bits per heavy atom. The van der Waals surface area contributed by atoms with E-state index in [0.29, 0.717) is 17.3 Å². The van der Waals surface area contributed by atoms with Gasteiger partial charge < -0.3 is 19.2 Å². The maximum absolute atomic E-state index is 12.2. The lowest BCUT2D eigenvalue weighted by Gasteiger charge is -2.10. The van der Waals surface area contributed by atoms with E-state index in [0.717, 1.165) is 16.5 Å². The van der Waals surface area contributed by atoms with Gasteiger partial charge in [0, 0.05) is 11.5 Å². The van der Waals surface area contributed by atoms with Gasteiger partial charge in [0.2, 0.25) is 5.91 Å². The molecular formula is C22H20N2O4. The maximum atomic E-state index is 12.2. The Balaban J connectivity index is 1.65. The largest absolute Gasteiger partial charge is 0.493 e. The van der Waals surface area contributed by atoms with E-state index in [4.69, 9.17) is 19.2 Å². The number of nitrogens with one attached hydrogen (secondary N) is 1. The quantitative estimate of drug-likeness (QED) is 0.624. The molecule has 0 aliphatic heterocycles. The molecule has 0 bridgehead atoms. The van der Waals surface area contributed by atoms with Gasteiger partial charge >= 0.3 is 0 Å². The van der Waals surface area contributed by atoms with Crippen molar-refractivity contribution in [1.82, 2.24) is 5.32 Å². The minimum absolute atomic E-state index is 0.0619. The van der Waals surface area contributed by atoms with Gasteiger partial charge in [0.05, 0.1) is 13.2 Å². The van der Waals surface area contributed by atoms with E-state index in [2.05, 4.69) is 5.32 Å². The number of nitriles is 1. The first-order chi connectivity index (χ1) is 13.6. The Kier molecular flexibility index (Phi) is 5.97. The lowest BCUT2D eigenvalue weighted by atomic mass is 10.1. The van der Waals surface area contributed by atoms with Gasteiger partial charge in [-0.2, -0.15) is 5.26 Å². The first-order valence-corrected chi connectivity index (χ1v) is 8.75. The number of benzene rings is 2. The van der Waals surface area contributed by atoms with E-state index < -0.39 is 0 Å². The smallest absolute Gasteiger partial charge is 0.244 e. The minimum atomic E-state index is -0.263. The van der Waals surface area contributed by atoms with Gasteiger partial charge in [0.25, 0.3) is 0 Å². The third-order valence-corrected chi connectivity index (χ3v) is 4.14. The van der Waals surface area contributed by atoms with Crippen LogP contribution in [-0.4, -0.2) is 19.6 Å². The van der Waals surface area contributed by atoms with Crippen molar-refractivity contribution in [3.63, 3.8) is 0 Å². The molecule has 0 fully saturated rings. The second kappa shape index (κ2) is 8.78. The van der Waals surface area contributed by atoms with E-state index >= 15 is 0 Å². The van der Waals surface area contributed by atoms with Gasteiger partial charge in [-0.05, 0) is 42.8 Å². The average molecular weight is 376 g/mol. The first-order valence-electron chi connectivity index (χ1n) is 8.75. The maximum Gasteiger partial charge on any atom is 0.244 e. The van der Waals surface area contributed by atoms with Crippen LogP contribution in [0.4, 0.5) is 0 Å². The summed E-state index contributed by atoms with van der Waals surface area (Å²) in [6, 6.07) is 16.5. The number of carbonyl (C=O) groups is 1. The topological polar surface area (TPSA) is 84.5 Å². The molecule has 0 radical (unpaired) electrons. The number of rotatable bonds is 7. The molecule has 1 heterocycles. The average Bonchev–Trinajstić information content (AvgIpc) is 3.15. The fraction of sp³-hybridized carbons (Fsp3) is 0.182. The van der Waals surface area contributed by atoms with Crippen LogP contribution in [0.2, 0.25) is 0 Å². The summed E-state index contributed by atoms with van der Waals surface area (Å²) >= 11 is 0. The van der Waals surface area contributed by atoms with Crippen LogP contribution in [0.5, 0.6) is 11.5 Å². The summed E-state index contributed by atoms with van der Waals surface area (Å²) in [5.41, 5.74) is 1.56. The molecule has 0 aliphatic carbocycles. The van der Waals surface area contributed by atoms with Crippen molar-refractivity contribution in [2.24, 2.45) is 0 Å². The highest BCUT2D eigenvalue weighted by Crippen LogP contribution is 2.28. The molecule has 1 amide bonds. The number of hydrogen-bond donors (Lipinski definition) is 1. The SMILES string of the molecule is COc1cc(/C=C/C(=O)NC(C)c2cc3ccccc3o2)ccc1OCC#N. The van der Waals surface area contributed by atoms with Crippen molar-refractivity contribution in [2.45, 2.75) is 13.0 Å². The standard InChI is InChI=1S/C22H20N2O4/c1-15(20-14-17-5-3-4-6-18(17)28-20)24-22(25)10-8-16-7-9-19(27-12-11-23)21(13-16)26-2/h3-10,13-15H,12H2,1-2H3,(H,24,25)/b10-8+. The summed E-state index contributed by atoms with van der Waals surface area (Å²) in [4.78, 5) is 12.2. The van der Waals surface area contributed by atoms with Gasteiger partial charge in [-0.3, -0.25) is 4.79 Å². The predicted molar refractivity (Wildman–Crippen MR) is 106 cm³/mol. The molecule has 1 N–H and O–H groups in total. The van der Waals surface area contributed by atoms with E-state index in [1.807, 2.05) is 43.3 Å². The number of hydrogen-bond acceptors (Lipinski definition) is 5. The van der Waals surface area contributed by atoms with Crippen molar-refractivity contribution in [3.8, 4) is 17.6 Å². The molecule has 142 valence electrons. The van der Waals surface area contributed by atoms with Gasteiger partial charge in [0.1, 0.15) is 17.4 Å². The summed E-state index contributed by atoms with van der Waals surface area (Å²) in [5, 5.41) is 12.5. The zero-order valence-corrected chi connectivity index (χ0v) is 15.6. The molecule has 28 heavy (non-hydrogen) atoms. The van der Waals surface area contributed by atoms with Crippen molar-refractivity contribution < 1.29 is 18.7 Å². The Morgan fingerprint density at radius 3 is 2.82 bits per heavy atom. The molecule has 1 atom stereocenters. The fourth-order valence-corrected chi connectivity index (χ4v) is 2.74. The van der Waals surface area contributed by atoms with Crippen LogP contribution in [0.3, 0.4) is 0 Å². The van der Waals surface area contributed by atoms with Crippen LogP contribution in [0.25, 0.3) is 17.0 Å². The second-order valence-electron chi connectivity index (χ2n) is 6.11. The highest BCUT2D eigenvalue weighted by molar-refractivity contribution is 5.92. The molecule has 2 aromatic carbocycles. The lowest BCUT2D eigenvalue weighted by molar-refractivity contribution is -0.117. The molecule has 0 aliphatic rings. The number of nitrogens with zero attached hydrogens (tertiary/aromatic N) is 1. The third-order valence-electron chi connectivity index (χ3n) is 4.14. The Hall–Kier alpha value is -3.72. The molecule has 0 saturated carbocycles. The van der Waals surface area contributed by atoms with E-state index in [1.54, 1.807) is 24.3 Å². The normalized spacial score (nSPS) is 11.9. The molecule has 3 rings (SSSR count). The van der Waals surface area contributed by atoms with E-state index in [-0.39, 0.29) is 18.6 Å². The van der Waals surface area contributed by atoms with Crippen molar-refractivity contribution in [2.75, 3.05) is 13.7 Å². The van der Waals surface area contributed by atoms with Crippen molar-refractivity contribution in [1.29, 1.82) is 5.26 Å². The number of para-hydroxylation sites is 1. The minimum Gasteiger partial charge on any atom is -0.493 e. The fourth-order valence-electron chi connectivity index (χ4n) is 2.74. The molecule has 1 aromatic heterocycles. The van der Waals surface area contributed by atoms with Crippen LogP contribution in [-0.2, 0) is 4.79 Å². The zero-order valence-electron chi connectivity index (χ0n) is 15.6. The van der Waals surface area contributed by atoms with E-state index in [1.165, 1.54) is 13.2 Å². The molecule has 0 saturated heterocycles. The highest BCUT2D eigenvalue weighted by atomic mass is 16.5. The van der Waals surface area contributed by atoms with Crippen LogP contribution in [0, 0.1) is 11.3 Å². The zero-order chi connectivity index (χ0) is 19.9. The molecule has 0 spiro atoms. The Bertz CT molecular complexity index is 1010. The first kappa shape index (κ1) is 19.1. The molecular weight excluding hydrogens is 356 g/mol. The third kappa shape index (κ3) is 4.51. The van der Waals surface area contributed by atoms with Gasteiger partial charge in [0.15, 0.2) is 18.1 Å². The van der Waals surface area contributed by atoms with Crippen LogP contribution in [0.1, 0.15) is 24.3 Å². The summed E-state index contributed by atoms with van der Waals surface area (Å²) < 4.78 is 16.3. The molecule has 6 heteroatoms. The Labute approximate surface area is 163 Å². The molecule has 1 unspecified atom stereocenters. The monoisotopic (exact) mass is 376 g/mol. The number of carbonyl (C=O) groups excluding carboxylic acids is 1. The molecule has 3 aromatic rings. The number of ether oxygens (including phenoxy) is 2. The lowest BCUT2D eigenvalue weighted by Crippen LogP contribution is -2.24. The van der Waals surface area contributed by atoms with E-state index in [9.17, 15) is 4.79 Å². The van der Waals surface area contributed by atoms with Gasteiger partial charge in [-0.1, -0.05) is 24.3 Å². The summed E-state index contributed by atoms with van der Waals surface area (Å²) in [6.45, 7) is 1.81. The summed E-state index contributed by atoms with van der Waals surface area (Å²) in [7, 11) is 1.52. The van der Waals surface area contributed by atoms with Crippen LogP contribution < -0.4 is 14.8 Å². The van der Waals surface area contributed by atoms with Gasteiger partial charge in [-0.25, -0.2) is 0 Å². The number of methoxy groups -OCH3 is 1. The number of fused-ring (bicyclic) bond motifs is 1. The second-order valence-corrected chi connectivity index (χ2v) is 6.11. The highest BCUT2D eigenvalue weighted by Gasteiger charge is 2.13. The van der Waals surface area contributed by atoms with Crippen LogP contribution >= 0.6 is 0 Å². The number of furan rings is 1. The summed E-state index contributed by atoms with van der Waals surface area (Å²) in [5.74, 6) is 1.43. The molecule has 6 nitrogen and oxygen atoms in total. The van der Waals surface area contributed by atoms with Crippen molar-refractivity contribution >= 4 is 23.0 Å². The van der Waals surface area contributed by atoms with Crippen LogP contribution in [0.15, 0.2) is 59.0 Å². The Morgan fingerprint density at radius 2 is 2.07 bits per heavy atom.